The molecule has 18 heavy (non-hydrogen) atoms. The largest absolute Gasteiger partial charge is 0.452 e. The zero-order valence-corrected chi connectivity index (χ0v) is 11.2. The number of benzene rings is 1. The Hall–Kier alpha value is -1.77. The third-order valence-electron chi connectivity index (χ3n) is 3.61. The quantitative estimate of drug-likeness (QED) is 0.664. The number of hydrogen-bond acceptors (Lipinski definition) is 2. The Balaban J connectivity index is 2.37. The molecule has 0 saturated carbocycles. The Morgan fingerprint density at radius 2 is 1.89 bits per heavy atom. The van der Waals surface area contributed by atoms with Gasteiger partial charge in [-0.25, -0.2) is 4.79 Å². The molecule has 1 aliphatic rings. The lowest BCUT2D eigenvalue weighted by Gasteiger charge is -2.26. The molecule has 3 heteroatoms. The lowest BCUT2D eigenvalue weighted by atomic mass is 9.84. The first-order valence-electron chi connectivity index (χ1n) is 6.19. The highest BCUT2D eigenvalue weighted by atomic mass is 16.6. The van der Waals surface area contributed by atoms with Crippen molar-refractivity contribution in [2.75, 3.05) is 0 Å². The highest BCUT2D eigenvalue weighted by Crippen LogP contribution is 2.46. The van der Waals surface area contributed by atoms with Gasteiger partial charge in [-0.3, -0.25) is 0 Å². The van der Waals surface area contributed by atoms with Crippen molar-refractivity contribution in [1.82, 2.24) is 4.57 Å². The fourth-order valence-corrected chi connectivity index (χ4v) is 2.77. The van der Waals surface area contributed by atoms with Crippen LogP contribution in [0.15, 0.2) is 24.3 Å². The molecule has 1 aromatic carbocycles. The molecular formula is C15H17NO2. The topological polar surface area (TPSA) is 31.2 Å². The van der Waals surface area contributed by atoms with Gasteiger partial charge in [0, 0.05) is 28.9 Å². The van der Waals surface area contributed by atoms with Gasteiger partial charge in [-0.15, -0.1) is 0 Å². The molecule has 0 radical (unpaired) electrons. The summed E-state index contributed by atoms with van der Waals surface area (Å²) in [5.41, 5.74) is 2.75. The standard InChI is InChI=1S/C15H17NO2/c1-15(2,3)13-11-9-7-5-6-8-10(9)16(4)12(11)14(17)18-13/h5-8,13H,1-4H3. The van der Waals surface area contributed by atoms with Gasteiger partial charge in [-0.1, -0.05) is 39.0 Å². The number of aromatic nitrogens is 1. The smallest absolute Gasteiger partial charge is 0.356 e. The first-order chi connectivity index (χ1) is 8.41. The molecule has 2 aromatic rings. The molecule has 0 amide bonds. The van der Waals surface area contributed by atoms with Crippen molar-refractivity contribution in [3.05, 3.63) is 35.5 Å². The molecule has 3 nitrogen and oxygen atoms in total. The zero-order chi connectivity index (χ0) is 13.1. The number of nitrogens with zero attached hydrogens (tertiary/aromatic N) is 1. The molecule has 0 spiro atoms. The van der Waals surface area contributed by atoms with Crippen LogP contribution in [0.3, 0.4) is 0 Å². The van der Waals surface area contributed by atoms with Crippen LogP contribution in [-0.4, -0.2) is 10.5 Å². The monoisotopic (exact) mass is 243 g/mol. The van der Waals surface area contributed by atoms with Crippen molar-refractivity contribution in [3.8, 4) is 0 Å². The van der Waals surface area contributed by atoms with Crippen LogP contribution in [0.1, 0.15) is 42.9 Å². The predicted octanol–water partition coefficient (Wildman–Crippen LogP) is 3.44. The van der Waals surface area contributed by atoms with Crippen LogP contribution in [0.5, 0.6) is 0 Å². The molecule has 2 heterocycles. The van der Waals surface area contributed by atoms with E-state index in [4.69, 9.17) is 4.74 Å². The molecule has 0 aliphatic carbocycles. The van der Waals surface area contributed by atoms with Crippen molar-refractivity contribution in [3.63, 3.8) is 0 Å². The molecule has 0 N–H and O–H groups in total. The maximum absolute atomic E-state index is 12.1. The van der Waals surface area contributed by atoms with E-state index in [1.807, 2.05) is 29.8 Å². The van der Waals surface area contributed by atoms with Gasteiger partial charge in [0.25, 0.3) is 0 Å². The third-order valence-corrected chi connectivity index (χ3v) is 3.61. The van der Waals surface area contributed by atoms with Gasteiger partial charge in [0.1, 0.15) is 11.8 Å². The van der Waals surface area contributed by atoms with Crippen LogP contribution in [0.4, 0.5) is 0 Å². The van der Waals surface area contributed by atoms with E-state index < -0.39 is 0 Å². The summed E-state index contributed by atoms with van der Waals surface area (Å²) in [6.07, 6.45) is -0.161. The summed E-state index contributed by atoms with van der Waals surface area (Å²) in [6, 6.07) is 8.11. The van der Waals surface area contributed by atoms with Gasteiger partial charge in [0.15, 0.2) is 0 Å². The molecule has 1 atom stereocenters. The van der Waals surface area contributed by atoms with Crippen molar-refractivity contribution < 1.29 is 9.53 Å². The van der Waals surface area contributed by atoms with Crippen molar-refractivity contribution in [2.24, 2.45) is 12.5 Å². The first-order valence-corrected chi connectivity index (χ1v) is 6.19. The second-order valence-corrected chi connectivity index (χ2v) is 5.99. The summed E-state index contributed by atoms with van der Waals surface area (Å²) in [4.78, 5) is 12.1. The Morgan fingerprint density at radius 1 is 1.22 bits per heavy atom. The SMILES string of the molecule is Cn1c2c(c3ccccc31)C(C(C)(C)C)OC2=O. The van der Waals surface area contributed by atoms with Gasteiger partial charge >= 0.3 is 5.97 Å². The number of rotatable bonds is 0. The van der Waals surface area contributed by atoms with Crippen LogP contribution >= 0.6 is 0 Å². The van der Waals surface area contributed by atoms with E-state index in [0.29, 0.717) is 5.69 Å². The van der Waals surface area contributed by atoms with Gasteiger partial charge in [-0.2, -0.15) is 0 Å². The molecule has 1 aliphatic heterocycles. The number of hydrogen-bond donors (Lipinski definition) is 0. The Bertz CT molecular complexity index is 646. The minimum absolute atomic E-state index is 0.0922. The Morgan fingerprint density at radius 3 is 2.56 bits per heavy atom. The van der Waals surface area contributed by atoms with Crippen molar-refractivity contribution >= 4 is 16.9 Å². The number of carbonyl (C=O) groups is 1. The fourth-order valence-electron chi connectivity index (χ4n) is 2.77. The molecular weight excluding hydrogens is 226 g/mol. The Kier molecular flexibility index (Phi) is 2.12. The van der Waals surface area contributed by atoms with Gasteiger partial charge in [0.05, 0.1) is 0 Å². The van der Waals surface area contributed by atoms with Crippen molar-refractivity contribution in [2.45, 2.75) is 26.9 Å². The number of para-hydroxylation sites is 1. The number of fused-ring (bicyclic) bond motifs is 3. The second-order valence-electron chi connectivity index (χ2n) is 5.99. The van der Waals surface area contributed by atoms with E-state index in [2.05, 4.69) is 26.8 Å². The van der Waals surface area contributed by atoms with E-state index >= 15 is 0 Å². The first kappa shape index (κ1) is 11.3. The minimum atomic E-state index is -0.205. The number of aryl methyl sites for hydroxylation is 1. The lowest BCUT2D eigenvalue weighted by Crippen LogP contribution is -2.18. The molecule has 0 saturated heterocycles. The summed E-state index contributed by atoms with van der Waals surface area (Å²) in [5, 5.41) is 1.13. The normalized spacial score (nSPS) is 19.1. The molecule has 3 rings (SSSR count). The molecule has 0 fully saturated rings. The maximum atomic E-state index is 12.1. The number of carbonyl (C=O) groups excluding carboxylic acids is 1. The summed E-state index contributed by atoms with van der Waals surface area (Å²) in [6.45, 7) is 6.30. The molecule has 94 valence electrons. The highest BCUT2D eigenvalue weighted by Gasteiger charge is 2.42. The van der Waals surface area contributed by atoms with Crippen LogP contribution in [-0.2, 0) is 11.8 Å². The lowest BCUT2D eigenvalue weighted by molar-refractivity contribution is 0.00768. The van der Waals surface area contributed by atoms with Crippen LogP contribution in [0.2, 0.25) is 0 Å². The van der Waals surface area contributed by atoms with E-state index in [1.165, 1.54) is 0 Å². The van der Waals surface area contributed by atoms with Gasteiger partial charge in [0.2, 0.25) is 0 Å². The Labute approximate surface area is 106 Å². The third kappa shape index (κ3) is 1.33. The average molecular weight is 243 g/mol. The van der Waals surface area contributed by atoms with E-state index in [0.717, 1.165) is 16.5 Å². The van der Waals surface area contributed by atoms with Crippen LogP contribution < -0.4 is 0 Å². The van der Waals surface area contributed by atoms with Crippen LogP contribution in [0.25, 0.3) is 10.9 Å². The number of cyclic esters (lactones) is 1. The predicted molar refractivity (Wildman–Crippen MR) is 70.5 cm³/mol. The van der Waals surface area contributed by atoms with E-state index in [-0.39, 0.29) is 17.5 Å². The number of esters is 1. The van der Waals surface area contributed by atoms with Crippen molar-refractivity contribution in [1.29, 1.82) is 0 Å². The van der Waals surface area contributed by atoms with E-state index in [9.17, 15) is 4.79 Å². The summed E-state index contributed by atoms with van der Waals surface area (Å²) >= 11 is 0. The number of ether oxygens (including phenoxy) is 1. The fraction of sp³-hybridized carbons (Fsp3) is 0.400. The van der Waals surface area contributed by atoms with E-state index in [1.54, 1.807) is 0 Å². The minimum Gasteiger partial charge on any atom is -0.452 e. The highest BCUT2D eigenvalue weighted by molar-refractivity contribution is 6.02. The van der Waals surface area contributed by atoms with Gasteiger partial charge in [-0.05, 0) is 6.07 Å². The molecule has 1 aromatic heterocycles. The van der Waals surface area contributed by atoms with Gasteiger partial charge < -0.3 is 9.30 Å². The van der Waals surface area contributed by atoms with Crippen LogP contribution in [0, 0.1) is 5.41 Å². The average Bonchev–Trinajstić information content (AvgIpc) is 2.78. The molecule has 1 unspecified atom stereocenters. The summed E-state index contributed by atoms with van der Waals surface area (Å²) in [7, 11) is 1.92. The molecule has 0 bridgehead atoms. The second kappa shape index (κ2) is 3.37. The summed E-state index contributed by atoms with van der Waals surface area (Å²) < 4.78 is 7.51. The summed E-state index contributed by atoms with van der Waals surface area (Å²) in [5.74, 6) is -0.205. The maximum Gasteiger partial charge on any atom is 0.356 e. The zero-order valence-electron chi connectivity index (χ0n) is 11.2.